The molecule has 0 aliphatic carbocycles. The number of carbonyl (C=O) groups excluding carboxylic acids is 2. The summed E-state index contributed by atoms with van der Waals surface area (Å²) in [5, 5.41) is 3.55. The molecule has 0 aliphatic rings. The largest absolute Gasteiger partial charge is 0.340 e. The van der Waals surface area contributed by atoms with Crippen LogP contribution < -0.4 is 5.32 Å². The first-order chi connectivity index (χ1) is 11.0. The Labute approximate surface area is 132 Å². The minimum atomic E-state index is -0.347. The van der Waals surface area contributed by atoms with Gasteiger partial charge in [-0.3, -0.25) is 9.59 Å². The number of nitrogens with zero attached hydrogens (tertiary/aromatic N) is 1. The molecule has 1 aromatic heterocycles. The average molecular weight is 310 g/mol. The van der Waals surface area contributed by atoms with Crippen molar-refractivity contribution in [1.82, 2.24) is 4.57 Å². The van der Waals surface area contributed by atoms with Crippen molar-refractivity contribution < 1.29 is 14.0 Å². The van der Waals surface area contributed by atoms with E-state index in [9.17, 15) is 14.0 Å². The van der Waals surface area contributed by atoms with Crippen molar-refractivity contribution in [3.8, 4) is 0 Å². The molecule has 0 spiro atoms. The lowest BCUT2D eigenvalue weighted by molar-refractivity contribution is 0.100. The first kappa shape index (κ1) is 15.0. The van der Waals surface area contributed by atoms with E-state index in [0.717, 1.165) is 5.39 Å². The van der Waals surface area contributed by atoms with Crippen LogP contribution in [0.25, 0.3) is 10.9 Å². The number of fused-ring (bicyclic) bond motifs is 1. The number of rotatable bonds is 3. The molecule has 0 fully saturated rings. The van der Waals surface area contributed by atoms with Crippen LogP contribution in [0.15, 0.2) is 48.5 Å². The lowest BCUT2D eigenvalue weighted by atomic mass is 10.1. The SMILES string of the molecule is CC(=O)c1cccc(NC(=O)c2cc3ccc(F)cc3n2C)c1. The van der Waals surface area contributed by atoms with E-state index >= 15 is 0 Å². The number of anilines is 1. The minimum absolute atomic E-state index is 0.0684. The number of hydrogen-bond donors (Lipinski definition) is 1. The van der Waals surface area contributed by atoms with Crippen LogP contribution in [0.1, 0.15) is 27.8 Å². The van der Waals surface area contributed by atoms with E-state index < -0.39 is 0 Å². The summed E-state index contributed by atoms with van der Waals surface area (Å²) in [5.41, 5.74) is 2.13. The quantitative estimate of drug-likeness (QED) is 0.749. The summed E-state index contributed by atoms with van der Waals surface area (Å²) < 4.78 is 15.0. The topological polar surface area (TPSA) is 51.1 Å². The van der Waals surface area contributed by atoms with Gasteiger partial charge in [0.05, 0.1) is 5.52 Å². The molecule has 1 amide bonds. The van der Waals surface area contributed by atoms with Gasteiger partial charge in [0.15, 0.2) is 5.78 Å². The Morgan fingerprint density at radius 3 is 2.61 bits per heavy atom. The fourth-order valence-electron chi connectivity index (χ4n) is 2.53. The number of nitrogens with one attached hydrogen (secondary N) is 1. The van der Waals surface area contributed by atoms with Gasteiger partial charge in [-0.15, -0.1) is 0 Å². The summed E-state index contributed by atoms with van der Waals surface area (Å²) in [4.78, 5) is 23.9. The van der Waals surface area contributed by atoms with Crippen molar-refractivity contribution in [1.29, 1.82) is 0 Å². The fraction of sp³-hybridized carbons (Fsp3) is 0.111. The zero-order chi connectivity index (χ0) is 16.6. The van der Waals surface area contributed by atoms with Gasteiger partial charge in [0, 0.05) is 23.7 Å². The molecule has 0 saturated carbocycles. The van der Waals surface area contributed by atoms with E-state index in [0.29, 0.717) is 22.5 Å². The third-order valence-corrected chi connectivity index (χ3v) is 3.77. The molecule has 3 aromatic rings. The Balaban J connectivity index is 1.93. The molecular weight excluding hydrogens is 295 g/mol. The standard InChI is InChI=1S/C18H15FN2O2/c1-11(22)12-4-3-5-15(8-12)20-18(23)17-9-13-6-7-14(19)10-16(13)21(17)2/h3-10H,1-2H3,(H,20,23). The molecule has 0 aliphatic heterocycles. The summed E-state index contributed by atoms with van der Waals surface area (Å²) in [6.45, 7) is 1.47. The maximum atomic E-state index is 13.3. The van der Waals surface area contributed by atoms with E-state index in [2.05, 4.69) is 5.32 Å². The number of amides is 1. The van der Waals surface area contributed by atoms with E-state index in [4.69, 9.17) is 0 Å². The van der Waals surface area contributed by atoms with Gasteiger partial charge in [-0.05, 0) is 43.3 Å². The highest BCUT2D eigenvalue weighted by Gasteiger charge is 2.14. The normalized spacial score (nSPS) is 10.7. The fourth-order valence-corrected chi connectivity index (χ4v) is 2.53. The van der Waals surface area contributed by atoms with E-state index in [1.165, 1.54) is 19.1 Å². The lowest BCUT2D eigenvalue weighted by Gasteiger charge is -2.07. The van der Waals surface area contributed by atoms with Crippen LogP contribution in [0.3, 0.4) is 0 Å². The molecule has 2 aromatic carbocycles. The molecule has 1 N–H and O–H groups in total. The Kier molecular flexibility index (Phi) is 3.70. The lowest BCUT2D eigenvalue weighted by Crippen LogP contribution is -2.15. The molecule has 5 heteroatoms. The summed E-state index contributed by atoms with van der Waals surface area (Å²) in [5.74, 6) is -0.731. The van der Waals surface area contributed by atoms with Gasteiger partial charge in [0.1, 0.15) is 11.5 Å². The number of ketones is 1. The van der Waals surface area contributed by atoms with Crippen LogP contribution in [0.2, 0.25) is 0 Å². The van der Waals surface area contributed by atoms with Crippen LogP contribution >= 0.6 is 0 Å². The summed E-state index contributed by atoms with van der Waals surface area (Å²) in [6, 6.07) is 12.8. The number of Topliss-reactive ketones (excluding diaryl/α,β-unsaturated/α-hetero) is 1. The molecule has 1 heterocycles. The Bertz CT molecular complexity index is 928. The number of halogens is 1. The Morgan fingerprint density at radius 2 is 1.87 bits per heavy atom. The van der Waals surface area contributed by atoms with E-state index in [1.54, 1.807) is 48.0 Å². The molecule has 0 radical (unpaired) electrons. The van der Waals surface area contributed by atoms with Gasteiger partial charge in [-0.1, -0.05) is 12.1 Å². The smallest absolute Gasteiger partial charge is 0.272 e. The van der Waals surface area contributed by atoms with E-state index in [1.807, 2.05) is 0 Å². The van der Waals surface area contributed by atoms with Crippen LogP contribution in [0.4, 0.5) is 10.1 Å². The molecular formula is C18H15FN2O2. The highest BCUT2D eigenvalue weighted by molar-refractivity contribution is 6.07. The number of aryl methyl sites for hydroxylation is 1. The Morgan fingerprint density at radius 1 is 1.09 bits per heavy atom. The molecule has 0 unspecified atom stereocenters. The van der Waals surface area contributed by atoms with Crippen molar-refractivity contribution in [2.45, 2.75) is 6.92 Å². The second-order valence-corrected chi connectivity index (χ2v) is 5.38. The average Bonchev–Trinajstić information content (AvgIpc) is 2.84. The predicted molar refractivity (Wildman–Crippen MR) is 87.3 cm³/mol. The highest BCUT2D eigenvalue weighted by atomic mass is 19.1. The van der Waals surface area contributed by atoms with Crippen molar-refractivity contribution in [3.05, 3.63) is 65.6 Å². The highest BCUT2D eigenvalue weighted by Crippen LogP contribution is 2.21. The van der Waals surface area contributed by atoms with Gasteiger partial charge in [-0.2, -0.15) is 0 Å². The van der Waals surface area contributed by atoms with Crippen LogP contribution in [-0.2, 0) is 7.05 Å². The molecule has 0 saturated heterocycles. The van der Waals surface area contributed by atoms with Crippen molar-refractivity contribution in [2.24, 2.45) is 7.05 Å². The minimum Gasteiger partial charge on any atom is -0.340 e. The monoisotopic (exact) mass is 310 g/mol. The van der Waals surface area contributed by atoms with Crippen molar-refractivity contribution in [3.63, 3.8) is 0 Å². The third kappa shape index (κ3) is 2.85. The maximum Gasteiger partial charge on any atom is 0.272 e. The third-order valence-electron chi connectivity index (χ3n) is 3.77. The second-order valence-electron chi connectivity index (χ2n) is 5.38. The van der Waals surface area contributed by atoms with Gasteiger partial charge >= 0.3 is 0 Å². The molecule has 0 bridgehead atoms. The van der Waals surface area contributed by atoms with Crippen LogP contribution in [0.5, 0.6) is 0 Å². The molecule has 116 valence electrons. The second kappa shape index (κ2) is 5.68. The zero-order valence-corrected chi connectivity index (χ0v) is 12.8. The molecule has 0 atom stereocenters. The first-order valence-corrected chi connectivity index (χ1v) is 7.13. The maximum absolute atomic E-state index is 13.3. The van der Waals surface area contributed by atoms with Gasteiger partial charge < -0.3 is 9.88 Å². The van der Waals surface area contributed by atoms with Crippen molar-refractivity contribution >= 4 is 28.3 Å². The molecule has 4 nitrogen and oxygen atoms in total. The van der Waals surface area contributed by atoms with Gasteiger partial charge in [0.25, 0.3) is 5.91 Å². The summed E-state index contributed by atoms with van der Waals surface area (Å²) in [6.07, 6.45) is 0. The number of carbonyl (C=O) groups is 2. The van der Waals surface area contributed by atoms with Crippen LogP contribution in [-0.4, -0.2) is 16.3 Å². The van der Waals surface area contributed by atoms with Gasteiger partial charge in [0.2, 0.25) is 0 Å². The van der Waals surface area contributed by atoms with Crippen molar-refractivity contribution in [2.75, 3.05) is 5.32 Å². The number of hydrogen-bond acceptors (Lipinski definition) is 2. The van der Waals surface area contributed by atoms with E-state index in [-0.39, 0.29) is 17.5 Å². The molecule has 23 heavy (non-hydrogen) atoms. The zero-order valence-electron chi connectivity index (χ0n) is 12.8. The van der Waals surface area contributed by atoms with Gasteiger partial charge in [-0.25, -0.2) is 4.39 Å². The number of aromatic nitrogens is 1. The van der Waals surface area contributed by atoms with Crippen LogP contribution in [0, 0.1) is 5.82 Å². The summed E-state index contributed by atoms with van der Waals surface area (Å²) >= 11 is 0. The first-order valence-electron chi connectivity index (χ1n) is 7.13. The number of benzene rings is 2. The summed E-state index contributed by atoms with van der Waals surface area (Å²) in [7, 11) is 1.71. The predicted octanol–water partition coefficient (Wildman–Crippen LogP) is 3.77. The molecule has 3 rings (SSSR count). The Hall–Kier alpha value is -2.95.